The molecule has 1 N–H and O–H groups in total. The van der Waals surface area contributed by atoms with Crippen molar-refractivity contribution in [2.45, 2.75) is 39.5 Å². The van der Waals surface area contributed by atoms with Crippen LogP contribution in [0.4, 0.5) is 5.82 Å². The van der Waals surface area contributed by atoms with Crippen LogP contribution in [0.1, 0.15) is 39.9 Å². The van der Waals surface area contributed by atoms with Crippen LogP contribution in [0.5, 0.6) is 0 Å². The highest BCUT2D eigenvalue weighted by Crippen LogP contribution is 2.24. The SMILES string of the molecule is CC(CCBr)C(=O)Nc1cc(C(C)(C)C)on1. The maximum Gasteiger partial charge on any atom is 0.228 e. The quantitative estimate of drug-likeness (QED) is 0.868. The Morgan fingerprint density at radius 3 is 2.71 bits per heavy atom. The number of rotatable bonds is 4. The van der Waals surface area contributed by atoms with Gasteiger partial charge >= 0.3 is 0 Å². The Bertz CT molecular complexity index is 382. The summed E-state index contributed by atoms with van der Waals surface area (Å²) in [6.45, 7) is 7.99. The van der Waals surface area contributed by atoms with E-state index < -0.39 is 0 Å². The first kappa shape index (κ1) is 14.2. The van der Waals surface area contributed by atoms with Crippen LogP contribution in [-0.2, 0) is 10.2 Å². The molecule has 0 saturated heterocycles. The maximum absolute atomic E-state index is 11.7. The molecule has 0 aliphatic rings. The van der Waals surface area contributed by atoms with Gasteiger partial charge in [-0.05, 0) is 6.42 Å². The Morgan fingerprint density at radius 2 is 2.24 bits per heavy atom. The number of alkyl halides is 1. The fourth-order valence-electron chi connectivity index (χ4n) is 1.23. The van der Waals surface area contributed by atoms with Gasteiger partial charge in [0.15, 0.2) is 5.82 Å². The Morgan fingerprint density at radius 1 is 1.59 bits per heavy atom. The molecule has 0 aliphatic carbocycles. The lowest BCUT2D eigenvalue weighted by Crippen LogP contribution is -2.20. The molecule has 1 amide bonds. The van der Waals surface area contributed by atoms with E-state index in [4.69, 9.17) is 4.52 Å². The Kier molecular flexibility index (Phi) is 4.74. The van der Waals surface area contributed by atoms with E-state index in [0.717, 1.165) is 17.5 Å². The van der Waals surface area contributed by atoms with Crippen molar-refractivity contribution in [1.82, 2.24) is 5.16 Å². The first-order valence-corrected chi connectivity index (χ1v) is 6.80. The monoisotopic (exact) mass is 302 g/mol. The molecule has 1 unspecified atom stereocenters. The zero-order chi connectivity index (χ0) is 13.1. The van der Waals surface area contributed by atoms with E-state index in [1.165, 1.54) is 0 Å². The van der Waals surface area contributed by atoms with Crippen molar-refractivity contribution in [2.75, 3.05) is 10.6 Å². The fourth-order valence-corrected chi connectivity index (χ4v) is 1.92. The molecule has 1 aromatic heterocycles. The van der Waals surface area contributed by atoms with Crippen molar-refractivity contribution in [3.05, 3.63) is 11.8 Å². The van der Waals surface area contributed by atoms with Gasteiger partial charge in [0.2, 0.25) is 5.91 Å². The number of nitrogens with one attached hydrogen (secondary N) is 1. The summed E-state index contributed by atoms with van der Waals surface area (Å²) in [7, 11) is 0. The predicted molar refractivity (Wildman–Crippen MR) is 71.4 cm³/mol. The van der Waals surface area contributed by atoms with Gasteiger partial charge in [-0.2, -0.15) is 0 Å². The summed E-state index contributed by atoms with van der Waals surface area (Å²) in [5, 5.41) is 7.41. The number of hydrogen-bond acceptors (Lipinski definition) is 3. The van der Waals surface area contributed by atoms with Crippen molar-refractivity contribution >= 4 is 27.7 Å². The third-order valence-electron chi connectivity index (χ3n) is 2.49. The van der Waals surface area contributed by atoms with Gasteiger partial charge < -0.3 is 9.84 Å². The smallest absolute Gasteiger partial charge is 0.228 e. The van der Waals surface area contributed by atoms with Crippen LogP contribution < -0.4 is 5.32 Å². The van der Waals surface area contributed by atoms with Crippen molar-refractivity contribution in [3.8, 4) is 0 Å². The molecule has 96 valence electrons. The van der Waals surface area contributed by atoms with E-state index in [1.54, 1.807) is 6.07 Å². The summed E-state index contributed by atoms with van der Waals surface area (Å²) >= 11 is 3.32. The number of carbonyl (C=O) groups excluding carboxylic acids is 1. The van der Waals surface area contributed by atoms with Gasteiger partial charge in [-0.3, -0.25) is 4.79 Å². The van der Waals surface area contributed by atoms with Crippen molar-refractivity contribution in [1.29, 1.82) is 0 Å². The largest absolute Gasteiger partial charge is 0.359 e. The second kappa shape index (κ2) is 5.67. The maximum atomic E-state index is 11.7. The average molecular weight is 303 g/mol. The third kappa shape index (κ3) is 4.15. The van der Waals surface area contributed by atoms with E-state index >= 15 is 0 Å². The van der Waals surface area contributed by atoms with E-state index in [0.29, 0.717) is 5.82 Å². The first-order valence-electron chi connectivity index (χ1n) is 5.68. The molecule has 1 rings (SSSR count). The molecule has 1 heterocycles. The molecule has 17 heavy (non-hydrogen) atoms. The number of nitrogens with zero attached hydrogens (tertiary/aromatic N) is 1. The molecule has 1 atom stereocenters. The van der Waals surface area contributed by atoms with Gasteiger partial charge in [0.25, 0.3) is 0 Å². The van der Waals surface area contributed by atoms with E-state index in [2.05, 4.69) is 26.4 Å². The van der Waals surface area contributed by atoms with Gasteiger partial charge in [-0.25, -0.2) is 0 Å². The fraction of sp³-hybridized carbons (Fsp3) is 0.667. The lowest BCUT2D eigenvalue weighted by molar-refractivity contribution is -0.119. The molecule has 5 heteroatoms. The van der Waals surface area contributed by atoms with E-state index in [9.17, 15) is 4.79 Å². The van der Waals surface area contributed by atoms with Crippen LogP contribution in [0.25, 0.3) is 0 Å². The van der Waals surface area contributed by atoms with Crippen LogP contribution in [-0.4, -0.2) is 16.4 Å². The van der Waals surface area contributed by atoms with Crippen LogP contribution in [0.3, 0.4) is 0 Å². The minimum absolute atomic E-state index is 0.0294. The standard InChI is InChI=1S/C12H19BrN2O2/c1-8(5-6-13)11(16)14-10-7-9(17-15-10)12(2,3)4/h7-8H,5-6H2,1-4H3,(H,14,15,16). The number of aromatic nitrogens is 1. The second-order valence-corrected chi connectivity index (χ2v) is 5.99. The molecule has 0 fully saturated rings. The molecule has 0 aliphatic heterocycles. The number of halogens is 1. The predicted octanol–water partition coefficient (Wildman–Crippen LogP) is 3.33. The summed E-state index contributed by atoms with van der Waals surface area (Å²) in [6.07, 6.45) is 0.801. The minimum atomic E-state index is -0.0997. The summed E-state index contributed by atoms with van der Waals surface area (Å²) < 4.78 is 5.20. The van der Waals surface area contributed by atoms with E-state index in [-0.39, 0.29) is 17.2 Å². The highest BCUT2D eigenvalue weighted by Gasteiger charge is 2.21. The number of amides is 1. The van der Waals surface area contributed by atoms with Crippen molar-refractivity contribution in [2.24, 2.45) is 5.92 Å². The summed E-state index contributed by atoms with van der Waals surface area (Å²) in [5.41, 5.74) is -0.0997. The second-order valence-electron chi connectivity index (χ2n) is 5.19. The Labute approximate surface area is 110 Å². The Balaban J connectivity index is 2.64. The summed E-state index contributed by atoms with van der Waals surface area (Å²) in [6, 6.07) is 1.78. The molecule has 0 saturated carbocycles. The molecule has 0 radical (unpaired) electrons. The molecular weight excluding hydrogens is 284 g/mol. The molecule has 1 aromatic rings. The first-order chi connectivity index (χ1) is 7.84. The number of anilines is 1. The van der Waals surface area contributed by atoms with Gasteiger partial charge in [0, 0.05) is 22.7 Å². The highest BCUT2D eigenvalue weighted by atomic mass is 79.9. The number of carbonyl (C=O) groups is 1. The zero-order valence-corrected chi connectivity index (χ0v) is 12.3. The topological polar surface area (TPSA) is 55.1 Å². The lowest BCUT2D eigenvalue weighted by atomic mass is 9.93. The van der Waals surface area contributed by atoms with Gasteiger partial charge in [-0.15, -0.1) is 0 Å². The molecular formula is C12H19BrN2O2. The van der Waals surface area contributed by atoms with Crippen LogP contribution in [0.15, 0.2) is 10.6 Å². The summed E-state index contributed by atoms with van der Waals surface area (Å²) in [4.78, 5) is 11.7. The van der Waals surface area contributed by atoms with Crippen molar-refractivity contribution in [3.63, 3.8) is 0 Å². The molecule has 0 aromatic carbocycles. The van der Waals surface area contributed by atoms with Crippen LogP contribution >= 0.6 is 15.9 Å². The lowest BCUT2D eigenvalue weighted by Gasteiger charge is -2.12. The normalized spacial score (nSPS) is 13.5. The third-order valence-corrected chi connectivity index (χ3v) is 2.95. The molecule has 0 spiro atoms. The number of hydrogen-bond donors (Lipinski definition) is 1. The van der Waals surface area contributed by atoms with Crippen LogP contribution in [0, 0.1) is 5.92 Å². The van der Waals surface area contributed by atoms with Gasteiger partial charge in [0.05, 0.1) is 0 Å². The van der Waals surface area contributed by atoms with Crippen LogP contribution in [0.2, 0.25) is 0 Å². The Hall–Kier alpha value is -0.840. The average Bonchev–Trinajstić information content (AvgIpc) is 2.66. The minimum Gasteiger partial charge on any atom is -0.359 e. The van der Waals surface area contributed by atoms with E-state index in [1.807, 2.05) is 27.7 Å². The van der Waals surface area contributed by atoms with Gasteiger partial charge in [-0.1, -0.05) is 48.8 Å². The zero-order valence-electron chi connectivity index (χ0n) is 10.7. The summed E-state index contributed by atoms with van der Waals surface area (Å²) in [5.74, 6) is 1.18. The molecule has 0 bridgehead atoms. The van der Waals surface area contributed by atoms with Crippen molar-refractivity contribution < 1.29 is 9.32 Å². The van der Waals surface area contributed by atoms with Gasteiger partial charge in [0.1, 0.15) is 5.76 Å². The molecule has 4 nitrogen and oxygen atoms in total. The highest BCUT2D eigenvalue weighted by molar-refractivity contribution is 9.09.